The fourth-order valence-corrected chi connectivity index (χ4v) is 1.82. The Balaban J connectivity index is 1.89. The van der Waals surface area contributed by atoms with Crippen LogP contribution < -0.4 is 0 Å². The number of likely N-dealkylation sites (tertiary alicyclic amines) is 1. The predicted octanol–water partition coefficient (Wildman–Crippen LogP) is 1.11. The molecule has 0 amide bonds. The van der Waals surface area contributed by atoms with E-state index in [1.807, 2.05) is 12.1 Å². The van der Waals surface area contributed by atoms with Crippen LogP contribution in [-0.4, -0.2) is 29.2 Å². The van der Waals surface area contributed by atoms with Gasteiger partial charge in [0.1, 0.15) is 11.8 Å². The highest BCUT2D eigenvalue weighted by atomic mass is 16.3. The standard InChI is InChI=1S/C11H14N2O2/c12-7-10-1-2-11(15-10)8-13-5-3-9(14)4-6-13/h1-2,9,14H,3-6,8H2. The van der Waals surface area contributed by atoms with E-state index in [1.165, 1.54) is 0 Å². The zero-order chi connectivity index (χ0) is 10.7. The van der Waals surface area contributed by atoms with Gasteiger partial charge < -0.3 is 9.52 Å². The second-order valence-corrected chi connectivity index (χ2v) is 3.89. The van der Waals surface area contributed by atoms with Crippen molar-refractivity contribution in [2.75, 3.05) is 13.1 Å². The summed E-state index contributed by atoms with van der Waals surface area (Å²) in [6, 6.07) is 5.49. The third kappa shape index (κ3) is 2.58. The van der Waals surface area contributed by atoms with E-state index in [9.17, 15) is 5.11 Å². The molecule has 1 N–H and O–H groups in total. The molecule has 2 rings (SSSR count). The van der Waals surface area contributed by atoms with Crippen molar-refractivity contribution in [1.82, 2.24) is 4.90 Å². The van der Waals surface area contributed by atoms with Crippen LogP contribution in [0.2, 0.25) is 0 Å². The van der Waals surface area contributed by atoms with Gasteiger partial charge in [0.15, 0.2) is 0 Å². The van der Waals surface area contributed by atoms with Gasteiger partial charge in [-0.15, -0.1) is 0 Å². The lowest BCUT2D eigenvalue weighted by Crippen LogP contribution is -2.35. The molecule has 4 nitrogen and oxygen atoms in total. The summed E-state index contributed by atoms with van der Waals surface area (Å²) in [7, 11) is 0. The van der Waals surface area contributed by atoms with Gasteiger partial charge in [0.25, 0.3) is 0 Å². The van der Waals surface area contributed by atoms with Gasteiger partial charge in [-0.2, -0.15) is 5.26 Å². The maximum absolute atomic E-state index is 9.34. The molecule has 0 aliphatic carbocycles. The van der Waals surface area contributed by atoms with E-state index >= 15 is 0 Å². The lowest BCUT2D eigenvalue weighted by molar-refractivity contribution is 0.0759. The molecule has 0 atom stereocenters. The molecule has 0 unspecified atom stereocenters. The first-order valence-electron chi connectivity index (χ1n) is 5.17. The lowest BCUT2D eigenvalue weighted by Gasteiger charge is -2.28. The minimum atomic E-state index is -0.146. The molecule has 4 heteroatoms. The third-order valence-corrected chi connectivity index (χ3v) is 2.71. The summed E-state index contributed by atoms with van der Waals surface area (Å²) in [6.07, 6.45) is 1.50. The van der Waals surface area contributed by atoms with Crippen molar-refractivity contribution in [3.05, 3.63) is 23.7 Å². The van der Waals surface area contributed by atoms with E-state index < -0.39 is 0 Å². The molecule has 1 aromatic rings. The van der Waals surface area contributed by atoms with Gasteiger partial charge >= 0.3 is 0 Å². The smallest absolute Gasteiger partial charge is 0.203 e. The van der Waals surface area contributed by atoms with Crippen LogP contribution in [0.4, 0.5) is 0 Å². The van der Waals surface area contributed by atoms with Crippen LogP contribution in [0, 0.1) is 11.3 Å². The van der Waals surface area contributed by atoms with Gasteiger partial charge in [-0.1, -0.05) is 0 Å². The fourth-order valence-electron chi connectivity index (χ4n) is 1.82. The van der Waals surface area contributed by atoms with Crippen LogP contribution in [0.15, 0.2) is 16.5 Å². The topological polar surface area (TPSA) is 60.4 Å². The average Bonchev–Trinajstić information content (AvgIpc) is 2.69. The monoisotopic (exact) mass is 206 g/mol. The van der Waals surface area contributed by atoms with Crippen LogP contribution in [0.1, 0.15) is 24.4 Å². The molecule has 1 aliphatic rings. The van der Waals surface area contributed by atoms with E-state index in [-0.39, 0.29) is 6.10 Å². The van der Waals surface area contributed by atoms with Crippen molar-refractivity contribution in [3.63, 3.8) is 0 Å². The van der Waals surface area contributed by atoms with Gasteiger partial charge in [-0.25, -0.2) is 0 Å². The van der Waals surface area contributed by atoms with Crippen LogP contribution in [0.3, 0.4) is 0 Å². The molecule has 0 aromatic carbocycles. The Hall–Kier alpha value is -1.31. The Morgan fingerprint density at radius 3 is 2.80 bits per heavy atom. The number of hydrogen-bond acceptors (Lipinski definition) is 4. The molecular formula is C11H14N2O2. The molecule has 1 aliphatic heterocycles. The molecular weight excluding hydrogens is 192 g/mol. The third-order valence-electron chi connectivity index (χ3n) is 2.71. The summed E-state index contributed by atoms with van der Waals surface area (Å²) in [4.78, 5) is 2.23. The van der Waals surface area contributed by atoms with Gasteiger partial charge in [0.2, 0.25) is 5.76 Å². The second-order valence-electron chi connectivity index (χ2n) is 3.89. The molecule has 0 bridgehead atoms. The second kappa shape index (κ2) is 4.47. The van der Waals surface area contributed by atoms with Crippen molar-refractivity contribution in [2.24, 2.45) is 0 Å². The molecule has 2 heterocycles. The summed E-state index contributed by atoms with van der Waals surface area (Å²) in [6.45, 7) is 2.52. The largest absolute Gasteiger partial charge is 0.449 e. The number of hydrogen-bond donors (Lipinski definition) is 1. The zero-order valence-corrected chi connectivity index (χ0v) is 8.52. The summed E-state index contributed by atoms with van der Waals surface area (Å²) in [5.74, 6) is 1.19. The highest BCUT2D eigenvalue weighted by Crippen LogP contribution is 2.15. The number of aliphatic hydroxyl groups excluding tert-OH is 1. The number of piperidine rings is 1. The van der Waals surface area contributed by atoms with Gasteiger partial charge in [0, 0.05) is 13.1 Å². The Morgan fingerprint density at radius 1 is 1.47 bits per heavy atom. The van der Waals surface area contributed by atoms with Crippen molar-refractivity contribution < 1.29 is 9.52 Å². The minimum Gasteiger partial charge on any atom is -0.449 e. The number of aliphatic hydroxyl groups is 1. The van der Waals surface area contributed by atoms with E-state index in [4.69, 9.17) is 9.68 Å². The van der Waals surface area contributed by atoms with Crippen LogP contribution in [-0.2, 0) is 6.54 Å². The van der Waals surface area contributed by atoms with E-state index in [1.54, 1.807) is 6.07 Å². The van der Waals surface area contributed by atoms with Crippen LogP contribution >= 0.6 is 0 Å². The molecule has 1 aromatic heterocycles. The van der Waals surface area contributed by atoms with Crippen molar-refractivity contribution in [2.45, 2.75) is 25.5 Å². The van der Waals surface area contributed by atoms with Crippen molar-refractivity contribution >= 4 is 0 Å². The Kier molecular flexibility index (Phi) is 3.05. The van der Waals surface area contributed by atoms with E-state index in [0.29, 0.717) is 5.76 Å². The highest BCUT2D eigenvalue weighted by Gasteiger charge is 2.17. The summed E-state index contributed by atoms with van der Waals surface area (Å²) in [5.41, 5.74) is 0. The maximum atomic E-state index is 9.34. The Bertz CT molecular complexity index is 359. The normalized spacial score (nSPS) is 18.9. The molecule has 1 saturated heterocycles. The maximum Gasteiger partial charge on any atom is 0.203 e. The van der Waals surface area contributed by atoms with Crippen molar-refractivity contribution in [1.29, 1.82) is 5.26 Å². The lowest BCUT2D eigenvalue weighted by atomic mass is 10.1. The van der Waals surface area contributed by atoms with Crippen LogP contribution in [0.25, 0.3) is 0 Å². The molecule has 80 valence electrons. The van der Waals surface area contributed by atoms with E-state index in [0.717, 1.165) is 38.2 Å². The highest BCUT2D eigenvalue weighted by molar-refractivity contribution is 5.19. The predicted molar refractivity (Wildman–Crippen MR) is 53.9 cm³/mol. The fraction of sp³-hybridized carbons (Fsp3) is 0.545. The SMILES string of the molecule is N#Cc1ccc(CN2CCC(O)CC2)o1. The Morgan fingerprint density at radius 2 is 2.20 bits per heavy atom. The van der Waals surface area contributed by atoms with Gasteiger partial charge in [0.05, 0.1) is 12.6 Å². The average molecular weight is 206 g/mol. The van der Waals surface area contributed by atoms with E-state index in [2.05, 4.69) is 4.90 Å². The van der Waals surface area contributed by atoms with Gasteiger partial charge in [-0.3, -0.25) is 4.90 Å². The summed E-state index contributed by atoms with van der Waals surface area (Å²) < 4.78 is 5.30. The number of furan rings is 1. The molecule has 1 fully saturated rings. The Labute approximate surface area is 88.7 Å². The summed E-state index contributed by atoms with van der Waals surface area (Å²) in [5, 5.41) is 17.9. The first-order valence-corrected chi connectivity index (χ1v) is 5.17. The molecule has 15 heavy (non-hydrogen) atoms. The number of nitrogens with zero attached hydrogens (tertiary/aromatic N) is 2. The molecule has 0 spiro atoms. The minimum absolute atomic E-state index is 0.146. The molecule has 0 saturated carbocycles. The zero-order valence-electron chi connectivity index (χ0n) is 8.52. The quantitative estimate of drug-likeness (QED) is 0.787. The first kappa shape index (κ1) is 10.2. The van der Waals surface area contributed by atoms with Crippen molar-refractivity contribution in [3.8, 4) is 6.07 Å². The molecule has 0 radical (unpaired) electrons. The first-order chi connectivity index (χ1) is 7.28. The van der Waals surface area contributed by atoms with Crippen LogP contribution in [0.5, 0.6) is 0 Å². The van der Waals surface area contributed by atoms with Gasteiger partial charge in [-0.05, 0) is 25.0 Å². The summed E-state index contributed by atoms with van der Waals surface area (Å²) >= 11 is 0. The number of rotatable bonds is 2. The number of nitriles is 1.